The number of H-pyrrole nitrogens is 1. The number of thioether (sulfide) groups is 1. The summed E-state index contributed by atoms with van der Waals surface area (Å²) in [5.41, 5.74) is 0.206. The summed E-state index contributed by atoms with van der Waals surface area (Å²) in [6, 6.07) is 1.59. The molecule has 6 nitrogen and oxygen atoms in total. The van der Waals surface area contributed by atoms with Crippen molar-refractivity contribution in [2.24, 2.45) is 0 Å². The van der Waals surface area contributed by atoms with Crippen LogP contribution in [0, 0.1) is 10.1 Å². The molecule has 0 saturated heterocycles. The van der Waals surface area contributed by atoms with Crippen LogP contribution in [0.15, 0.2) is 12.3 Å². The normalized spacial score (nSPS) is 12.6. The van der Waals surface area contributed by atoms with E-state index in [0.717, 1.165) is 12.2 Å². The van der Waals surface area contributed by atoms with Crippen molar-refractivity contribution in [3.8, 4) is 0 Å². The Morgan fingerprint density at radius 3 is 2.84 bits per heavy atom. The van der Waals surface area contributed by atoms with Crippen molar-refractivity contribution in [3.05, 3.63) is 28.1 Å². The zero-order valence-corrected chi connectivity index (χ0v) is 12.2. The maximum Gasteiger partial charge on any atom is 0.287 e. The Hall–Kier alpha value is -1.34. The van der Waals surface area contributed by atoms with Gasteiger partial charge in [-0.05, 0) is 32.4 Å². The average Bonchev–Trinajstić information content (AvgIpc) is 2.85. The molecule has 1 aromatic rings. The summed E-state index contributed by atoms with van der Waals surface area (Å²) in [6.45, 7) is 2.33. The predicted molar refractivity (Wildman–Crippen MR) is 76.9 cm³/mol. The molecule has 0 fully saturated rings. The fourth-order valence-electron chi connectivity index (χ4n) is 1.63. The summed E-state index contributed by atoms with van der Waals surface area (Å²) in [5.74, 6) is 0.917. The van der Waals surface area contributed by atoms with Crippen LogP contribution in [0.1, 0.15) is 23.8 Å². The third kappa shape index (κ3) is 4.68. The Bertz CT molecular complexity index is 447. The molecule has 1 N–H and O–H groups in total. The highest BCUT2D eigenvalue weighted by Crippen LogP contribution is 2.13. The molecule has 0 bridgehead atoms. The van der Waals surface area contributed by atoms with Crippen molar-refractivity contribution < 1.29 is 9.72 Å². The van der Waals surface area contributed by atoms with Crippen molar-refractivity contribution in [1.82, 2.24) is 9.88 Å². The van der Waals surface area contributed by atoms with Gasteiger partial charge in [0.15, 0.2) is 5.78 Å². The third-order valence-corrected chi connectivity index (χ3v) is 3.71. The van der Waals surface area contributed by atoms with Gasteiger partial charge in [0, 0.05) is 12.1 Å². The van der Waals surface area contributed by atoms with Gasteiger partial charge in [0.2, 0.25) is 0 Å². The second-order valence-corrected chi connectivity index (χ2v) is 5.48. The van der Waals surface area contributed by atoms with Gasteiger partial charge in [-0.15, -0.1) is 0 Å². The van der Waals surface area contributed by atoms with E-state index >= 15 is 0 Å². The van der Waals surface area contributed by atoms with Crippen LogP contribution < -0.4 is 0 Å². The zero-order valence-electron chi connectivity index (χ0n) is 11.4. The quantitative estimate of drug-likeness (QED) is 0.450. The first kappa shape index (κ1) is 15.7. The van der Waals surface area contributed by atoms with Crippen LogP contribution in [-0.4, -0.2) is 52.2 Å². The van der Waals surface area contributed by atoms with Gasteiger partial charge in [0.1, 0.15) is 0 Å². The fourth-order valence-corrected chi connectivity index (χ4v) is 2.20. The van der Waals surface area contributed by atoms with Gasteiger partial charge in [0.25, 0.3) is 5.69 Å². The van der Waals surface area contributed by atoms with Gasteiger partial charge < -0.3 is 4.98 Å². The lowest BCUT2D eigenvalue weighted by molar-refractivity contribution is -0.384. The van der Waals surface area contributed by atoms with Crippen LogP contribution in [0.3, 0.4) is 0 Å². The van der Waals surface area contributed by atoms with Crippen molar-refractivity contribution in [1.29, 1.82) is 0 Å². The molecule has 0 aromatic carbocycles. The smallest absolute Gasteiger partial charge is 0.287 e. The lowest BCUT2D eigenvalue weighted by atomic mass is 10.2. The largest absolute Gasteiger partial charge is 0.353 e. The highest BCUT2D eigenvalue weighted by molar-refractivity contribution is 7.98. The molecule has 106 valence electrons. The van der Waals surface area contributed by atoms with E-state index in [1.54, 1.807) is 11.8 Å². The summed E-state index contributed by atoms with van der Waals surface area (Å²) in [4.78, 5) is 26.6. The minimum absolute atomic E-state index is 0.0820. The fraction of sp³-hybridized carbons (Fsp3) is 0.583. The number of nitrogens with zero attached hydrogens (tertiary/aromatic N) is 2. The number of likely N-dealkylation sites (N-methyl/N-ethyl adjacent to an activating group) is 1. The number of carbonyl (C=O) groups excluding carboxylic acids is 1. The van der Waals surface area contributed by atoms with Crippen LogP contribution >= 0.6 is 11.8 Å². The Labute approximate surface area is 116 Å². The molecule has 1 heterocycles. The number of nitrogens with one attached hydrogen (secondary N) is 1. The SMILES string of the molecule is CSCCC(C)N(C)CC(=O)c1cc([N+](=O)[O-])c[nH]1. The number of aromatic amines is 1. The molecule has 7 heteroatoms. The summed E-state index contributed by atoms with van der Waals surface area (Å²) in [5, 5.41) is 10.5. The predicted octanol–water partition coefficient (Wildman–Crippen LogP) is 2.18. The van der Waals surface area contributed by atoms with E-state index in [2.05, 4.69) is 18.2 Å². The lowest BCUT2D eigenvalue weighted by Gasteiger charge is -2.23. The maximum absolute atomic E-state index is 12.0. The molecule has 1 rings (SSSR count). The van der Waals surface area contributed by atoms with Crippen molar-refractivity contribution in [3.63, 3.8) is 0 Å². The van der Waals surface area contributed by atoms with Gasteiger partial charge in [-0.2, -0.15) is 11.8 Å². The van der Waals surface area contributed by atoms with Gasteiger partial charge >= 0.3 is 0 Å². The number of hydrogen-bond donors (Lipinski definition) is 1. The topological polar surface area (TPSA) is 79.2 Å². The number of carbonyl (C=O) groups is 1. The molecule has 1 unspecified atom stereocenters. The van der Waals surface area contributed by atoms with E-state index < -0.39 is 4.92 Å². The molecule has 0 spiro atoms. The molecule has 1 aromatic heterocycles. The molecule has 0 aliphatic rings. The van der Waals surface area contributed by atoms with Gasteiger partial charge in [-0.1, -0.05) is 0 Å². The number of Topliss-reactive ketones (excluding diaryl/α,β-unsaturated/α-hetero) is 1. The molecule has 0 aliphatic heterocycles. The van der Waals surface area contributed by atoms with Crippen LogP contribution in [0.2, 0.25) is 0 Å². The van der Waals surface area contributed by atoms with Crippen molar-refractivity contribution in [2.45, 2.75) is 19.4 Å². The molecule has 0 amide bonds. The van der Waals surface area contributed by atoms with Crippen molar-refractivity contribution in [2.75, 3.05) is 25.6 Å². The number of nitro groups is 1. The minimum Gasteiger partial charge on any atom is -0.353 e. The van der Waals surface area contributed by atoms with Gasteiger partial charge in [-0.25, -0.2) is 0 Å². The van der Waals surface area contributed by atoms with Crippen LogP contribution in [0.25, 0.3) is 0 Å². The Kier molecular flexibility index (Phi) is 6.04. The van der Waals surface area contributed by atoms with Crippen LogP contribution in [0.5, 0.6) is 0 Å². The highest BCUT2D eigenvalue weighted by atomic mass is 32.2. The molecule has 19 heavy (non-hydrogen) atoms. The Morgan fingerprint density at radius 2 is 2.32 bits per heavy atom. The Balaban J connectivity index is 2.55. The van der Waals surface area contributed by atoms with E-state index in [0.29, 0.717) is 6.04 Å². The lowest BCUT2D eigenvalue weighted by Crippen LogP contribution is -2.34. The molecule has 0 saturated carbocycles. The Morgan fingerprint density at radius 1 is 1.63 bits per heavy atom. The average molecular weight is 285 g/mol. The van der Waals surface area contributed by atoms with Gasteiger partial charge in [-0.3, -0.25) is 19.8 Å². The first-order valence-electron chi connectivity index (χ1n) is 6.01. The molecule has 0 radical (unpaired) electrons. The van der Waals surface area contributed by atoms with E-state index in [4.69, 9.17) is 0 Å². The summed E-state index contributed by atoms with van der Waals surface area (Å²) >= 11 is 1.78. The number of aromatic nitrogens is 1. The van der Waals surface area contributed by atoms with E-state index in [1.165, 1.54) is 12.3 Å². The van der Waals surface area contributed by atoms with E-state index in [9.17, 15) is 14.9 Å². The number of ketones is 1. The summed E-state index contributed by atoms with van der Waals surface area (Å²) in [6.07, 6.45) is 4.30. The first-order valence-corrected chi connectivity index (χ1v) is 7.40. The second kappa shape index (κ2) is 7.30. The first-order chi connectivity index (χ1) is 8.95. The number of rotatable bonds is 8. The molecule has 0 aliphatic carbocycles. The monoisotopic (exact) mass is 285 g/mol. The minimum atomic E-state index is -0.516. The number of hydrogen-bond acceptors (Lipinski definition) is 5. The van der Waals surface area contributed by atoms with Gasteiger partial charge in [0.05, 0.1) is 23.4 Å². The molecular formula is C12H19N3O3S. The molecular weight excluding hydrogens is 266 g/mol. The molecule has 1 atom stereocenters. The third-order valence-electron chi connectivity index (χ3n) is 3.06. The second-order valence-electron chi connectivity index (χ2n) is 4.50. The maximum atomic E-state index is 12.0. The standard InChI is InChI=1S/C12H19N3O3S/c1-9(4-5-19-3)14(2)8-12(16)11-6-10(7-13-11)15(17)18/h6-7,9,13H,4-5,8H2,1-3H3. The summed E-state index contributed by atoms with van der Waals surface area (Å²) in [7, 11) is 1.89. The van der Waals surface area contributed by atoms with Crippen molar-refractivity contribution >= 4 is 23.2 Å². The van der Waals surface area contributed by atoms with E-state index in [-0.39, 0.29) is 23.7 Å². The zero-order chi connectivity index (χ0) is 14.4. The van der Waals surface area contributed by atoms with E-state index in [1.807, 2.05) is 11.9 Å². The van der Waals surface area contributed by atoms with Crippen LogP contribution in [0.4, 0.5) is 5.69 Å². The summed E-state index contributed by atoms with van der Waals surface area (Å²) < 4.78 is 0. The highest BCUT2D eigenvalue weighted by Gasteiger charge is 2.18. The van der Waals surface area contributed by atoms with Crippen LogP contribution in [-0.2, 0) is 0 Å².